The van der Waals surface area contributed by atoms with Crippen molar-refractivity contribution in [1.82, 2.24) is 26.6 Å². The van der Waals surface area contributed by atoms with Crippen molar-refractivity contribution in [2.45, 2.75) is 43.9 Å². The molecule has 0 heterocycles. The summed E-state index contributed by atoms with van der Waals surface area (Å²) in [4.78, 5) is 76.9. The summed E-state index contributed by atoms with van der Waals surface area (Å²) in [7, 11) is 3.04. The van der Waals surface area contributed by atoms with Crippen molar-refractivity contribution in [3.63, 3.8) is 0 Å². The second-order valence-electron chi connectivity index (χ2n) is 14.4. The van der Waals surface area contributed by atoms with Crippen LogP contribution in [0, 0.1) is 5.92 Å². The Hall–Kier alpha value is -6.94. The van der Waals surface area contributed by atoms with Gasteiger partial charge in [0.2, 0.25) is 23.6 Å². The summed E-state index contributed by atoms with van der Waals surface area (Å²) in [5.74, 6) is -2.25. The minimum atomic E-state index is -1.10. The van der Waals surface area contributed by atoms with Gasteiger partial charge in [0.25, 0.3) is 0 Å². The number of amides is 5. The molecule has 1 unspecified atom stereocenters. The number of rotatable bonds is 21. The van der Waals surface area contributed by atoms with Gasteiger partial charge in [0.1, 0.15) is 44.0 Å². The first-order valence-corrected chi connectivity index (χ1v) is 19.9. The van der Waals surface area contributed by atoms with Gasteiger partial charge in [-0.1, -0.05) is 78.9 Å². The number of hydrogen-bond acceptors (Lipinski definition) is 11. The molecule has 1 fully saturated rings. The highest BCUT2D eigenvalue weighted by Crippen LogP contribution is 2.44. The zero-order valence-corrected chi connectivity index (χ0v) is 33.9. The van der Waals surface area contributed by atoms with E-state index in [0.29, 0.717) is 17.1 Å². The number of esters is 1. The molecule has 1 saturated carbocycles. The molecule has 6 rings (SSSR count). The Morgan fingerprint density at radius 1 is 0.672 bits per heavy atom. The largest absolute Gasteiger partial charge is 0.497 e. The molecule has 4 aromatic rings. The molecular weight excluding hydrogens is 787 g/mol. The van der Waals surface area contributed by atoms with E-state index in [9.17, 15) is 28.8 Å². The monoisotopic (exact) mass is 835 g/mol. The number of carbonyl (C=O) groups excluding carboxylic acids is 6. The highest BCUT2D eigenvalue weighted by molar-refractivity contribution is 5.92. The van der Waals surface area contributed by atoms with Crippen LogP contribution in [-0.4, -0.2) is 95.0 Å². The lowest BCUT2D eigenvalue weighted by atomic mass is 9.98. The molecule has 5 N–H and O–H groups in total. The van der Waals surface area contributed by atoms with Crippen molar-refractivity contribution < 1.29 is 52.5 Å². The summed E-state index contributed by atoms with van der Waals surface area (Å²) in [6, 6.07) is 28.8. The molecule has 0 aliphatic heterocycles. The molecule has 0 spiro atoms. The van der Waals surface area contributed by atoms with Crippen molar-refractivity contribution in [3.05, 3.63) is 119 Å². The molecular formula is C45H49N5O11. The van der Waals surface area contributed by atoms with Crippen LogP contribution < -0.4 is 36.1 Å². The second kappa shape index (κ2) is 21.4. The Morgan fingerprint density at radius 2 is 1.31 bits per heavy atom. The average molecular weight is 836 g/mol. The third-order valence-corrected chi connectivity index (χ3v) is 10.2. The zero-order chi connectivity index (χ0) is 43.1. The quantitative estimate of drug-likeness (QED) is 0.0609. The number of ether oxygens (including phenoxy) is 5. The van der Waals surface area contributed by atoms with Gasteiger partial charge in [-0.3, -0.25) is 19.2 Å². The van der Waals surface area contributed by atoms with E-state index in [4.69, 9.17) is 23.7 Å². The van der Waals surface area contributed by atoms with Gasteiger partial charge in [0, 0.05) is 24.0 Å². The maximum Gasteiger partial charge on any atom is 0.407 e. The van der Waals surface area contributed by atoms with Crippen LogP contribution in [0.25, 0.3) is 11.1 Å². The van der Waals surface area contributed by atoms with Gasteiger partial charge in [-0.2, -0.15) is 0 Å². The number of fused-ring (bicyclic) bond motifs is 3. The number of carbonyl (C=O) groups is 6. The number of hydrogen-bond donors (Lipinski definition) is 5. The first-order valence-electron chi connectivity index (χ1n) is 19.9. The summed E-state index contributed by atoms with van der Waals surface area (Å²) >= 11 is 0. The zero-order valence-electron chi connectivity index (χ0n) is 33.9. The molecule has 5 amide bonds. The first-order chi connectivity index (χ1) is 29.6. The number of methoxy groups -OCH3 is 2. The highest BCUT2D eigenvalue weighted by atomic mass is 16.6. The van der Waals surface area contributed by atoms with E-state index in [1.807, 2.05) is 48.5 Å². The molecule has 2 atom stereocenters. The molecule has 2 aliphatic rings. The molecule has 0 saturated heterocycles. The molecule has 61 heavy (non-hydrogen) atoms. The standard InChI is InChI=1S/C45H49N5O11/c1-57-31-19-18-30(38(21-31)58-2)25-59-44(55)42(29-16-17-29)61-27-49-40(52)22-47-43(54)37(20-28-10-4-3-5-11-28)50-41(53)24-46-39(51)23-48-45(56)60-26-36-34-14-8-6-12-32(34)33-13-7-9-15-35(33)36/h3-15,18-19,21,29,36-37,42H,16-17,20,22-27H2,1-2H3,(H,46,51)(H,47,54)(H,48,56)(H,49,52)(H,50,53)/t37?,42-/m1/s1. The van der Waals surface area contributed by atoms with Crippen molar-refractivity contribution in [1.29, 1.82) is 0 Å². The lowest BCUT2D eigenvalue weighted by Gasteiger charge is -2.19. The third-order valence-electron chi connectivity index (χ3n) is 10.2. The molecule has 0 aromatic heterocycles. The lowest BCUT2D eigenvalue weighted by Crippen LogP contribution is -2.52. The fraction of sp³-hybridized carbons (Fsp3) is 0.333. The van der Waals surface area contributed by atoms with E-state index in [-0.39, 0.29) is 38.2 Å². The van der Waals surface area contributed by atoms with Crippen molar-refractivity contribution >= 4 is 35.7 Å². The predicted molar refractivity (Wildman–Crippen MR) is 221 cm³/mol. The van der Waals surface area contributed by atoms with Gasteiger partial charge in [-0.25, -0.2) is 9.59 Å². The molecule has 16 heteroatoms. The maximum atomic E-state index is 13.3. The van der Waals surface area contributed by atoms with Crippen molar-refractivity contribution in [2.75, 3.05) is 47.2 Å². The minimum Gasteiger partial charge on any atom is -0.497 e. The summed E-state index contributed by atoms with van der Waals surface area (Å²) in [6.07, 6.45) is -0.0516. The summed E-state index contributed by atoms with van der Waals surface area (Å²) in [6.45, 7) is -1.66. The Labute approximate surface area is 353 Å². The van der Waals surface area contributed by atoms with Gasteiger partial charge < -0.3 is 50.3 Å². The van der Waals surface area contributed by atoms with Gasteiger partial charge in [0.15, 0.2) is 6.10 Å². The number of alkyl carbamates (subject to hydrolysis) is 1. The average Bonchev–Trinajstić information content (AvgIpc) is 4.08. The van der Waals surface area contributed by atoms with Gasteiger partial charge in [-0.05, 0) is 58.7 Å². The summed E-state index contributed by atoms with van der Waals surface area (Å²) < 4.78 is 27.3. The highest BCUT2D eigenvalue weighted by Gasteiger charge is 2.38. The van der Waals surface area contributed by atoms with Crippen LogP contribution in [0.3, 0.4) is 0 Å². The Balaban J connectivity index is 0.911. The van der Waals surface area contributed by atoms with Crippen LogP contribution in [-0.2, 0) is 51.2 Å². The molecule has 4 aromatic carbocycles. The number of benzene rings is 4. The fourth-order valence-corrected chi connectivity index (χ4v) is 6.91. The molecule has 320 valence electrons. The first kappa shape index (κ1) is 43.6. The van der Waals surface area contributed by atoms with E-state index in [1.165, 1.54) is 14.2 Å². The molecule has 16 nitrogen and oxygen atoms in total. The fourth-order valence-electron chi connectivity index (χ4n) is 6.91. The van der Waals surface area contributed by atoms with Crippen LogP contribution in [0.2, 0.25) is 0 Å². The molecule has 0 radical (unpaired) electrons. The topological polar surface area (TPSA) is 209 Å². The Morgan fingerprint density at radius 3 is 1.98 bits per heavy atom. The van der Waals surface area contributed by atoms with Crippen molar-refractivity contribution in [3.8, 4) is 22.6 Å². The van der Waals surface area contributed by atoms with Gasteiger partial charge in [-0.15, -0.1) is 0 Å². The molecule has 2 aliphatic carbocycles. The third kappa shape index (κ3) is 12.3. The summed E-state index contributed by atoms with van der Waals surface area (Å²) in [5.41, 5.74) is 5.65. The second-order valence-corrected chi connectivity index (χ2v) is 14.4. The van der Waals surface area contributed by atoms with Crippen LogP contribution in [0.15, 0.2) is 97.1 Å². The van der Waals surface area contributed by atoms with Crippen LogP contribution >= 0.6 is 0 Å². The summed E-state index contributed by atoms with van der Waals surface area (Å²) in [5, 5.41) is 12.5. The minimum absolute atomic E-state index is 0.0494. The number of nitrogens with one attached hydrogen (secondary N) is 5. The van der Waals surface area contributed by atoms with Crippen LogP contribution in [0.5, 0.6) is 11.5 Å². The SMILES string of the molecule is COc1ccc(COC(=O)[C@H](OCNC(=O)CNC(=O)C(Cc2ccccc2)NC(=O)CNC(=O)CNC(=O)OCC2c3ccccc3-c3ccccc32)C2CC2)c(OC)c1. The van der Waals surface area contributed by atoms with E-state index >= 15 is 0 Å². The predicted octanol–water partition coefficient (Wildman–Crippen LogP) is 3.11. The van der Waals surface area contributed by atoms with Gasteiger partial charge >= 0.3 is 12.1 Å². The smallest absolute Gasteiger partial charge is 0.407 e. The van der Waals surface area contributed by atoms with E-state index < -0.39 is 67.5 Å². The van der Waals surface area contributed by atoms with Crippen LogP contribution in [0.1, 0.15) is 41.0 Å². The molecule has 0 bridgehead atoms. The van der Waals surface area contributed by atoms with E-state index in [0.717, 1.165) is 40.7 Å². The van der Waals surface area contributed by atoms with E-state index in [2.05, 4.69) is 26.6 Å². The van der Waals surface area contributed by atoms with Crippen molar-refractivity contribution in [2.24, 2.45) is 5.92 Å². The van der Waals surface area contributed by atoms with Gasteiger partial charge in [0.05, 0.1) is 27.3 Å². The lowest BCUT2D eigenvalue weighted by molar-refractivity contribution is -0.161. The van der Waals surface area contributed by atoms with Crippen LogP contribution in [0.4, 0.5) is 4.79 Å². The normalized spacial score (nSPS) is 13.6. The van der Waals surface area contributed by atoms with E-state index in [1.54, 1.807) is 48.5 Å². The Bertz CT molecular complexity index is 2150. The maximum absolute atomic E-state index is 13.3. The Kier molecular flexibility index (Phi) is 15.3.